The molecular formula is C16H18O9. The Bertz CT molecular complexity index is 574. The fraction of sp³-hybridized carbons (Fsp3) is 0.500. The lowest BCUT2D eigenvalue weighted by Gasteiger charge is -2.01. The minimum atomic E-state index is -1.39. The zero-order chi connectivity index (χ0) is 19.6. The van der Waals surface area contributed by atoms with Gasteiger partial charge in [0.15, 0.2) is 5.78 Å². The summed E-state index contributed by atoms with van der Waals surface area (Å²) in [6.07, 6.45) is -4.62. The molecule has 0 aliphatic heterocycles. The van der Waals surface area contributed by atoms with E-state index in [1.165, 1.54) is 6.92 Å². The SMILES string of the molecule is CC(=O)CC(=O)CC(=O)CC(=O)CC(=O)CC(=O)CC(=O)CC(=O)O. The van der Waals surface area contributed by atoms with E-state index in [0.717, 1.165) is 0 Å². The highest BCUT2D eigenvalue weighted by Gasteiger charge is 2.20. The molecule has 0 heterocycles. The summed E-state index contributed by atoms with van der Waals surface area (Å²) in [5, 5.41) is 8.37. The van der Waals surface area contributed by atoms with Crippen LogP contribution >= 0.6 is 0 Å². The van der Waals surface area contributed by atoms with E-state index in [2.05, 4.69) is 0 Å². The standard InChI is InChI=1S/C16H18O9/c1-9(17)2-10(18)3-11(19)4-12(20)5-13(21)6-14(22)7-15(23)8-16(24)25/h2-8H2,1H3,(H,24,25). The van der Waals surface area contributed by atoms with E-state index in [0.29, 0.717) is 0 Å². The molecule has 25 heavy (non-hydrogen) atoms. The molecule has 9 heteroatoms. The van der Waals surface area contributed by atoms with E-state index in [9.17, 15) is 38.4 Å². The second-order valence-electron chi connectivity index (χ2n) is 5.57. The largest absolute Gasteiger partial charge is 0.481 e. The van der Waals surface area contributed by atoms with Gasteiger partial charge in [-0.25, -0.2) is 0 Å². The minimum absolute atomic E-state index is 0.405. The first kappa shape index (κ1) is 22.2. The van der Waals surface area contributed by atoms with Gasteiger partial charge >= 0.3 is 5.97 Å². The summed E-state index contributed by atoms with van der Waals surface area (Å²) in [6.45, 7) is 1.18. The highest BCUT2D eigenvalue weighted by atomic mass is 16.4. The zero-order valence-electron chi connectivity index (χ0n) is 13.7. The summed E-state index contributed by atoms with van der Waals surface area (Å²) in [7, 11) is 0. The number of ketones is 7. The van der Waals surface area contributed by atoms with Gasteiger partial charge in [0.1, 0.15) is 41.1 Å². The van der Waals surface area contributed by atoms with Gasteiger partial charge in [0, 0.05) is 0 Å². The van der Waals surface area contributed by atoms with Gasteiger partial charge in [-0.1, -0.05) is 0 Å². The lowest BCUT2D eigenvalue weighted by molar-refractivity contribution is -0.141. The van der Waals surface area contributed by atoms with Crippen molar-refractivity contribution < 1.29 is 43.5 Å². The van der Waals surface area contributed by atoms with Gasteiger partial charge in [-0.2, -0.15) is 0 Å². The average Bonchev–Trinajstić information content (AvgIpc) is 2.34. The lowest BCUT2D eigenvalue weighted by Crippen LogP contribution is -2.19. The van der Waals surface area contributed by atoms with E-state index >= 15 is 0 Å². The molecule has 0 bridgehead atoms. The van der Waals surface area contributed by atoms with Crippen LogP contribution in [0.4, 0.5) is 0 Å². The molecule has 136 valence electrons. The smallest absolute Gasteiger partial charge is 0.310 e. The monoisotopic (exact) mass is 354 g/mol. The zero-order valence-corrected chi connectivity index (χ0v) is 13.7. The Balaban J connectivity index is 4.23. The third-order valence-electron chi connectivity index (χ3n) is 2.77. The third-order valence-corrected chi connectivity index (χ3v) is 2.77. The molecule has 0 aromatic carbocycles. The van der Waals surface area contributed by atoms with Crippen LogP contribution in [0.2, 0.25) is 0 Å². The Morgan fingerprint density at radius 3 is 0.960 bits per heavy atom. The van der Waals surface area contributed by atoms with Crippen molar-refractivity contribution in [1.29, 1.82) is 0 Å². The van der Waals surface area contributed by atoms with Crippen LogP contribution in [0.1, 0.15) is 51.9 Å². The molecule has 0 radical (unpaired) electrons. The van der Waals surface area contributed by atoms with Crippen molar-refractivity contribution >= 4 is 46.5 Å². The van der Waals surface area contributed by atoms with Gasteiger partial charge in [-0.05, 0) is 6.92 Å². The number of aliphatic carboxylic acids is 1. The second kappa shape index (κ2) is 10.8. The number of carboxylic acids is 1. The highest BCUT2D eigenvalue weighted by Crippen LogP contribution is 2.03. The van der Waals surface area contributed by atoms with Crippen molar-refractivity contribution in [2.45, 2.75) is 51.9 Å². The molecule has 0 aromatic rings. The van der Waals surface area contributed by atoms with Crippen molar-refractivity contribution in [2.24, 2.45) is 0 Å². The van der Waals surface area contributed by atoms with Crippen molar-refractivity contribution in [3.05, 3.63) is 0 Å². The first-order valence-corrected chi connectivity index (χ1v) is 7.31. The maximum atomic E-state index is 11.5. The van der Waals surface area contributed by atoms with Gasteiger partial charge < -0.3 is 5.11 Å². The van der Waals surface area contributed by atoms with Gasteiger partial charge in [0.05, 0.1) is 38.5 Å². The molecule has 0 saturated carbocycles. The predicted octanol–water partition coefficient (Wildman–Crippen LogP) is -0.195. The van der Waals surface area contributed by atoms with Crippen molar-refractivity contribution in [1.82, 2.24) is 0 Å². The van der Waals surface area contributed by atoms with E-state index in [1.807, 2.05) is 0 Å². The van der Waals surface area contributed by atoms with Crippen LogP contribution < -0.4 is 0 Å². The Morgan fingerprint density at radius 1 is 0.480 bits per heavy atom. The first-order valence-electron chi connectivity index (χ1n) is 7.31. The van der Waals surface area contributed by atoms with Crippen molar-refractivity contribution in [2.75, 3.05) is 0 Å². The van der Waals surface area contributed by atoms with Crippen LogP contribution in [0.15, 0.2) is 0 Å². The van der Waals surface area contributed by atoms with Crippen molar-refractivity contribution in [3.8, 4) is 0 Å². The van der Waals surface area contributed by atoms with Crippen molar-refractivity contribution in [3.63, 3.8) is 0 Å². The second-order valence-corrected chi connectivity index (χ2v) is 5.57. The van der Waals surface area contributed by atoms with Crippen LogP contribution in [-0.2, 0) is 38.4 Å². The number of hydrogen-bond donors (Lipinski definition) is 1. The average molecular weight is 354 g/mol. The third kappa shape index (κ3) is 12.3. The predicted molar refractivity (Wildman–Crippen MR) is 80.7 cm³/mol. The molecular weight excluding hydrogens is 336 g/mol. The normalized spacial score (nSPS) is 9.96. The van der Waals surface area contributed by atoms with Crippen LogP contribution in [0, 0.1) is 0 Å². The summed E-state index contributed by atoms with van der Waals surface area (Å²) in [6, 6.07) is 0. The molecule has 1 N–H and O–H groups in total. The lowest BCUT2D eigenvalue weighted by atomic mass is 10.0. The number of Topliss-reactive ketones (excluding diaryl/α,β-unsaturated/α-hetero) is 7. The highest BCUT2D eigenvalue weighted by molar-refractivity contribution is 6.16. The van der Waals surface area contributed by atoms with Crippen LogP contribution in [0.5, 0.6) is 0 Å². The first-order chi connectivity index (χ1) is 11.5. The van der Waals surface area contributed by atoms with Crippen LogP contribution in [0.25, 0.3) is 0 Å². The fourth-order valence-corrected chi connectivity index (χ4v) is 1.92. The summed E-state index contributed by atoms with van der Waals surface area (Å²) in [5.74, 6) is -6.40. The van der Waals surface area contributed by atoms with Crippen LogP contribution in [0.3, 0.4) is 0 Å². The Morgan fingerprint density at radius 2 is 0.720 bits per heavy atom. The summed E-state index contributed by atoms with van der Waals surface area (Å²) >= 11 is 0. The van der Waals surface area contributed by atoms with E-state index in [-0.39, 0.29) is 0 Å². The Labute approximate surface area is 142 Å². The molecule has 0 atom stereocenters. The molecule has 0 unspecified atom stereocenters. The summed E-state index contributed by atoms with van der Waals surface area (Å²) in [4.78, 5) is 89.3. The summed E-state index contributed by atoms with van der Waals surface area (Å²) in [5.41, 5.74) is 0. The van der Waals surface area contributed by atoms with E-state index in [4.69, 9.17) is 5.11 Å². The molecule has 9 nitrogen and oxygen atoms in total. The molecule has 0 amide bonds. The number of rotatable bonds is 14. The van der Waals surface area contributed by atoms with Gasteiger partial charge in [-0.3, -0.25) is 38.4 Å². The van der Waals surface area contributed by atoms with Gasteiger partial charge in [-0.15, -0.1) is 0 Å². The molecule has 0 rings (SSSR count). The molecule has 0 aliphatic carbocycles. The number of carbonyl (C=O) groups is 8. The molecule has 0 aromatic heterocycles. The van der Waals surface area contributed by atoms with Gasteiger partial charge in [0.2, 0.25) is 0 Å². The molecule has 0 fully saturated rings. The maximum Gasteiger partial charge on any atom is 0.310 e. The topological polar surface area (TPSA) is 157 Å². The molecule has 0 aliphatic rings. The minimum Gasteiger partial charge on any atom is -0.481 e. The number of carboxylic acid groups (broad SMARTS) is 1. The molecule has 0 spiro atoms. The van der Waals surface area contributed by atoms with E-state index in [1.54, 1.807) is 0 Å². The quantitative estimate of drug-likeness (QED) is 0.417. The van der Waals surface area contributed by atoms with Crippen LogP contribution in [-0.4, -0.2) is 51.6 Å². The number of hydrogen-bond acceptors (Lipinski definition) is 8. The Kier molecular flexibility index (Phi) is 9.61. The number of carbonyl (C=O) groups excluding carboxylic acids is 7. The maximum absolute atomic E-state index is 11.5. The van der Waals surface area contributed by atoms with E-state index < -0.39 is 91.4 Å². The van der Waals surface area contributed by atoms with Gasteiger partial charge in [0.25, 0.3) is 0 Å². The Hall–Kier alpha value is -2.84. The fourth-order valence-electron chi connectivity index (χ4n) is 1.92. The summed E-state index contributed by atoms with van der Waals surface area (Å²) < 4.78 is 0. The molecule has 0 saturated heterocycles.